The molecule has 0 heterocycles. The van der Waals surface area contributed by atoms with Gasteiger partial charge in [-0.3, -0.25) is 0 Å². The molecule has 2 aromatic rings. The molecule has 0 amide bonds. The lowest BCUT2D eigenvalue weighted by atomic mass is 9.95. The van der Waals surface area contributed by atoms with Gasteiger partial charge in [-0.05, 0) is 54.9 Å². The van der Waals surface area contributed by atoms with Gasteiger partial charge >= 0.3 is 0 Å². The van der Waals surface area contributed by atoms with Crippen LogP contribution in [0.15, 0.2) is 46.9 Å². The number of rotatable bonds is 4. The van der Waals surface area contributed by atoms with E-state index in [4.69, 9.17) is 4.74 Å². The monoisotopic (exact) mass is 319 g/mol. The van der Waals surface area contributed by atoms with Crippen molar-refractivity contribution in [2.45, 2.75) is 13.0 Å². The highest BCUT2D eigenvalue weighted by Gasteiger charge is 2.15. The lowest BCUT2D eigenvalue weighted by Crippen LogP contribution is -2.18. The first-order chi connectivity index (χ1) is 9.15. The second kappa shape index (κ2) is 6.22. The molecule has 0 spiro atoms. The molecule has 1 atom stereocenters. The van der Waals surface area contributed by atoms with Gasteiger partial charge in [-0.25, -0.2) is 0 Å². The maximum atomic E-state index is 5.30. The van der Waals surface area contributed by atoms with Crippen LogP contribution in [-0.4, -0.2) is 14.2 Å². The van der Waals surface area contributed by atoms with Crippen LogP contribution in [0.1, 0.15) is 22.7 Å². The predicted octanol–water partition coefficient (Wildman–Crippen LogP) is 4.07. The van der Waals surface area contributed by atoms with Gasteiger partial charge in [0, 0.05) is 4.47 Å². The Kier molecular flexibility index (Phi) is 4.61. The van der Waals surface area contributed by atoms with Crippen LogP contribution in [0.2, 0.25) is 0 Å². The highest BCUT2D eigenvalue weighted by atomic mass is 79.9. The summed E-state index contributed by atoms with van der Waals surface area (Å²) in [5, 5.41) is 3.38. The molecule has 2 nitrogen and oxygen atoms in total. The standard InChI is InChI=1S/C16H18BrNO/c1-11-7-8-13(17)10-15(11)16(18-2)12-5-4-6-14(9-12)19-3/h4-10,16,18H,1-3H3. The second-order valence-electron chi connectivity index (χ2n) is 4.50. The number of hydrogen-bond donors (Lipinski definition) is 1. The van der Waals surface area contributed by atoms with E-state index in [9.17, 15) is 0 Å². The van der Waals surface area contributed by atoms with E-state index in [1.807, 2.05) is 19.2 Å². The first-order valence-electron chi connectivity index (χ1n) is 6.23. The molecule has 1 N–H and O–H groups in total. The molecule has 19 heavy (non-hydrogen) atoms. The van der Waals surface area contributed by atoms with Crippen molar-refractivity contribution in [3.8, 4) is 5.75 Å². The van der Waals surface area contributed by atoms with Crippen molar-refractivity contribution in [3.63, 3.8) is 0 Å². The van der Waals surface area contributed by atoms with Gasteiger partial charge in [0.05, 0.1) is 13.2 Å². The summed E-state index contributed by atoms with van der Waals surface area (Å²) in [7, 11) is 3.67. The molecule has 0 radical (unpaired) electrons. The normalized spacial score (nSPS) is 12.2. The molecule has 0 aliphatic carbocycles. The number of benzene rings is 2. The van der Waals surface area contributed by atoms with Crippen molar-refractivity contribution in [2.24, 2.45) is 0 Å². The summed E-state index contributed by atoms with van der Waals surface area (Å²) in [5.74, 6) is 0.880. The Morgan fingerprint density at radius 2 is 1.95 bits per heavy atom. The maximum Gasteiger partial charge on any atom is 0.119 e. The van der Waals surface area contributed by atoms with Gasteiger partial charge in [-0.2, -0.15) is 0 Å². The number of aryl methyl sites for hydroxylation is 1. The van der Waals surface area contributed by atoms with E-state index in [1.165, 1.54) is 16.7 Å². The van der Waals surface area contributed by atoms with Gasteiger partial charge in [0.25, 0.3) is 0 Å². The van der Waals surface area contributed by atoms with Crippen molar-refractivity contribution in [1.29, 1.82) is 0 Å². The highest BCUT2D eigenvalue weighted by Crippen LogP contribution is 2.29. The average molecular weight is 320 g/mol. The van der Waals surface area contributed by atoms with Crippen molar-refractivity contribution in [3.05, 3.63) is 63.6 Å². The summed E-state index contributed by atoms with van der Waals surface area (Å²) in [4.78, 5) is 0. The maximum absolute atomic E-state index is 5.30. The van der Waals surface area contributed by atoms with Crippen molar-refractivity contribution < 1.29 is 4.74 Å². The van der Waals surface area contributed by atoms with Crippen molar-refractivity contribution >= 4 is 15.9 Å². The van der Waals surface area contributed by atoms with Crippen molar-refractivity contribution in [2.75, 3.05) is 14.2 Å². The molecule has 0 aromatic heterocycles. The zero-order valence-electron chi connectivity index (χ0n) is 11.4. The minimum Gasteiger partial charge on any atom is -0.497 e. The summed E-state index contributed by atoms with van der Waals surface area (Å²) < 4.78 is 6.40. The molecule has 3 heteroatoms. The Morgan fingerprint density at radius 3 is 2.63 bits per heavy atom. The van der Waals surface area contributed by atoms with Crippen LogP contribution >= 0.6 is 15.9 Å². The number of halogens is 1. The van der Waals surface area contributed by atoms with Gasteiger partial charge in [-0.15, -0.1) is 0 Å². The van der Waals surface area contributed by atoms with E-state index in [1.54, 1.807) is 7.11 Å². The third kappa shape index (κ3) is 3.17. The van der Waals surface area contributed by atoms with Crippen LogP contribution in [0, 0.1) is 6.92 Å². The van der Waals surface area contributed by atoms with Crippen LogP contribution in [0.25, 0.3) is 0 Å². The van der Waals surface area contributed by atoms with Crippen molar-refractivity contribution in [1.82, 2.24) is 5.32 Å². The van der Waals surface area contributed by atoms with Gasteiger partial charge < -0.3 is 10.1 Å². The highest BCUT2D eigenvalue weighted by molar-refractivity contribution is 9.10. The topological polar surface area (TPSA) is 21.3 Å². The molecule has 0 bridgehead atoms. The summed E-state index contributed by atoms with van der Waals surface area (Å²) in [5.41, 5.74) is 3.73. The Balaban J connectivity index is 2.46. The molecule has 0 saturated heterocycles. The third-order valence-electron chi connectivity index (χ3n) is 3.27. The quantitative estimate of drug-likeness (QED) is 0.917. The van der Waals surface area contributed by atoms with Gasteiger partial charge in [0.1, 0.15) is 5.75 Å². The average Bonchev–Trinajstić information content (AvgIpc) is 2.44. The first kappa shape index (κ1) is 14.1. The number of methoxy groups -OCH3 is 1. The largest absolute Gasteiger partial charge is 0.497 e. The van der Waals surface area contributed by atoms with E-state index in [2.05, 4.69) is 58.5 Å². The van der Waals surface area contributed by atoms with Gasteiger partial charge in [0.15, 0.2) is 0 Å². The first-order valence-corrected chi connectivity index (χ1v) is 7.02. The van der Waals surface area contributed by atoms with E-state index in [0.717, 1.165) is 10.2 Å². The number of nitrogens with one attached hydrogen (secondary N) is 1. The fourth-order valence-electron chi connectivity index (χ4n) is 2.25. The fourth-order valence-corrected chi connectivity index (χ4v) is 2.62. The second-order valence-corrected chi connectivity index (χ2v) is 5.41. The molecule has 0 aliphatic rings. The summed E-state index contributed by atoms with van der Waals surface area (Å²) >= 11 is 3.54. The fraction of sp³-hybridized carbons (Fsp3) is 0.250. The van der Waals surface area contributed by atoms with Crippen LogP contribution in [0.4, 0.5) is 0 Å². The van der Waals surface area contributed by atoms with Crippen LogP contribution < -0.4 is 10.1 Å². The number of hydrogen-bond acceptors (Lipinski definition) is 2. The zero-order chi connectivity index (χ0) is 13.8. The molecule has 2 aromatic carbocycles. The SMILES string of the molecule is CNC(c1cccc(OC)c1)c1cc(Br)ccc1C. The van der Waals surface area contributed by atoms with Crippen LogP contribution in [0.5, 0.6) is 5.75 Å². The van der Waals surface area contributed by atoms with E-state index < -0.39 is 0 Å². The minimum absolute atomic E-state index is 0.160. The lowest BCUT2D eigenvalue weighted by molar-refractivity contribution is 0.414. The summed E-state index contributed by atoms with van der Waals surface area (Å²) in [6.45, 7) is 2.13. The van der Waals surface area contributed by atoms with E-state index in [0.29, 0.717) is 0 Å². The van der Waals surface area contributed by atoms with Gasteiger partial charge in [-0.1, -0.05) is 34.1 Å². The Morgan fingerprint density at radius 1 is 1.16 bits per heavy atom. The minimum atomic E-state index is 0.160. The molecular weight excluding hydrogens is 302 g/mol. The zero-order valence-corrected chi connectivity index (χ0v) is 13.0. The van der Waals surface area contributed by atoms with E-state index in [-0.39, 0.29) is 6.04 Å². The summed E-state index contributed by atoms with van der Waals surface area (Å²) in [6, 6.07) is 14.7. The van der Waals surface area contributed by atoms with E-state index >= 15 is 0 Å². The van der Waals surface area contributed by atoms with Crippen LogP contribution in [0.3, 0.4) is 0 Å². The van der Waals surface area contributed by atoms with Gasteiger partial charge in [0.2, 0.25) is 0 Å². The molecule has 100 valence electrons. The smallest absolute Gasteiger partial charge is 0.119 e. The lowest BCUT2D eigenvalue weighted by Gasteiger charge is -2.20. The Labute approximate surface area is 122 Å². The molecule has 1 unspecified atom stereocenters. The molecule has 0 saturated carbocycles. The molecule has 0 fully saturated rings. The summed E-state index contributed by atoms with van der Waals surface area (Å²) in [6.07, 6.45) is 0. The Hall–Kier alpha value is -1.32. The predicted molar refractivity (Wildman–Crippen MR) is 82.8 cm³/mol. The third-order valence-corrected chi connectivity index (χ3v) is 3.76. The number of ether oxygens (including phenoxy) is 1. The molecule has 2 rings (SSSR count). The van der Waals surface area contributed by atoms with Crippen LogP contribution in [-0.2, 0) is 0 Å². The molecule has 0 aliphatic heterocycles. The molecular formula is C16H18BrNO. The Bertz CT molecular complexity index is 568.